The molecule has 0 amide bonds. The van der Waals surface area contributed by atoms with Crippen molar-refractivity contribution in [1.82, 2.24) is 0 Å². The first-order valence-corrected chi connectivity index (χ1v) is 24.7. The average molecular weight is 849 g/mol. The fourth-order valence-electron chi connectivity index (χ4n) is 7.38. The molecule has 0 spiro atoms. The highest BCUT2D eigenvalue weighted by Gasteiger charge is 2.44. The zero-order chi connectivity index (χ0) is 43.6. The molecule has 1 aliphatic rings. The summed E-state index contributed by atoms with van der Waals surface area (Å²) in [5, 5.41) is 40.2. The minimum Gasteiger partial charge on any atom is -0.457 e. The molecule has 6 atom stereocenters. The first-order valence-electron chi connectivity index (χ1n) is 24.7. The lowest BCUT2D eigenvalue weighted by Crippen LogP contribution is -2.59. The first kappa shape index (κ1) is 56.2. The monoisotopic (exact) mass is 849 g/mol. The third kappa shape index (κ3) is 32.8. The summed E-state index contributed by atoms with van der Waals surface area (Å²) in [4.78, 5) is 12.8. The lowest BCUT2D eigenvalue weighted by atomic mass is 9.99. The van der Waals surface area contributed by atoms with E-state index in [-0.39, 0.29) is 19.2 Å². The Kier molecular flexibility index (Phi) is 39.7. The van der Waals surface area contributed by atoms with Crippen molar-refractivity contribution in [3.8, 4) is 0 Å². The van der Waals surface area contributed by atoms with E-state index in [1.807, 2.05) is 0 Å². The number of carbonyl (C=O) groups excluding carboxylic acids is 1. The van der Waals surface area contributed by atoms with Crippen molar-refractivity contribution in [2.45, 2.75) is 243 Å². The average Bonchev–Trinajstić information content (AvgIpc) is 3.25. The van der Waals surface area contributed by atoms with E-state index in [4.69, 9.17) is 18.9 Å². The normalized spacial score (nSPS) is 20.4. The molecular weight excluding hydrogens is 757 g/mol. The van der Waals surface area contributed by atoms with Crippen molar-refractivity contribution in [3.05, 3.63) is 48.6 Å². The number of aliphatic hydroxyl groups is 4. The summed E-state index contributed by atoms with van der Waals surface area (Å²) in [7, 11) is 0. The molecule has 1 saturated heterocycles. The summed E-state index contributed by atoms with van der Waals surface area (Å²) in [5.41, 5.74) is 0. The van der Waals surface area contributed by atoms with Gasteiger partial charge in [-0.1, -0.05) is 178 Å². The number of hydrogen-bond acceptors (Lipinski definition) is 9. The molecule has 0 aromatic carbocycles. The van der Waals surface area contributed by atoms with E-state index in [0.717, 1.165) is 57.8 Å². The molecule has 9 nitrogen and oxygen atoms in total. The van der Waals surface area contributed by atoms with Gasteiger partial charge < -0.3 is 39.4 Å². The number of esters is 1. The van der Waals surface area contributed by atoms with Gasteiger partial charge in [0, 0.05) is 13.0 Å². The maximum Gasteiger partial charge on any atom is 0.306 e. The maximum absolute atomic E-state index is 12.8. The molecule has 0 bridgehead atoms. The van der Waals surface area contributed by atoms with Gasteiger partial charge in [0.15, 0.2) is 6.29 Å². The molecule has 1 rings (SSSR count). The van der Waals surface area contributed by atoms with Crippen molar-refractivity contribution in [2.75, 3.05) is 26.4 Å². The van der Waals surface area contributed by atoms with Gasteiger partial charge in [-0.15, -0.1) is 0 Å². The van der Waals surface area contributed by atoms with Crippen LogP contribution in [0.1, 0.15) is 206 Å². The van der Waals surface area contributed by atoms with Crippen molar-refractivity contribution >= 4 is 5.97 Å². The zero-order valence-electron chi connectivity index (χ0n) is 38.5. The van der Waals surface area contributed by atoms with E-state index in [1.165, 1.54) is 128 Å². The highest BCUT2D eigenvalue weighted by molar-refractivity contribution is 5.69. The van der Waals surface area contributed by atoms with Crippen molar-refractivity contribution in [3.63, 3.8) is 0 Å². The molecular formula is C51H92O9. The second-order valence-electron chi connectivity index (χ2n) is 16.9. The summed E-state index contributed by atoms with van der Waals surface area (Å²) in [6.45, 7) is 4.44. The molecule has 350 valence electrons. The van der Waals surface area contributed by atoms with Crippen LogP contribution in [0.4, 0.5) is 0 Å². The Balaban J connectivity index is 2.23. The summed E-state index contributed by atoms with van der Waals surface area (Å²) in [5.74, 6) is -0.318. The van der Waals surface area contributed by atoms with Gasteiger partial charge in [-0.3, -0.25) is 4.79 Å². The van der Waals surface area contributed by atoms with Gasteiger partial charge in [0.25, 0.3) is 0 Å². The Bertz CT molecular complexity index is 1060. The smallest absolute Gasteiger partial charge is 0.306 e. The van der Waals surface area contributed by atoms with Crippen LogP contribution in [-0.2, 0) is 23.7 Å². The highest BCUT2D eigenvalue weighted by Crippen LogP contribution is 2.23. The molecule has 6 unspecified atom stereocenters. The topological polar surface area (TPSA) is 135 Å². The standard InChI is InChI=1S/C51H92O9/c1-3-5-7-9-11-13-15-17-19-21-23-24-26-28-30-32-34-36-38-40-47(53)59-45(44-58-51-50(56)49(55)48(54)46(42-52)60-51)43-57-41-39-37-35-33-31-29-27-25-22-20-18-16-14-12-10-8-6-4-2/h6,8,12,14,17-20,45-46,48-52,54-56H,3-5,7,9-11,13,15-16,21-44H2,1-2H3/b8-6-,14-12-,19-17-,20-18-. The van der Waals surface area contributed by atoms with Crippen LogP contribution in [0.3, 0.4) is 0 Å². The van der Waals surface area contributed by atoms with Crippen LogP contribution in [0, 0.1) is 0 Å². The summed E-state index contributed by atoms with van der Waals surface area (Å²) in [6.07, 6.45) is 45.6. The fraction of sp³-hybridized carbons (Fsp3) is 0.824. The highest BCUT2D eigenvalue weighted by atomic mass is 16.7. The van der Waals surface area contributed by atoms with Gasteiger partial charge >= 0.3 is 5.97 Å². The number of allylic oxidation sites excluding steroid dienone is 8. The van der Waals surface area contributed by atoms with E-state index >= 15 is 0 Å². The minimum atomic E-state index is -1.54. The van der Waals surface area contributed by atoms with Crippen LogP contribution in [0.5, 0.6) is 0 Å². The molecule has 0 saturated carbocycles. The van der Waals surface area contributed by atoms with Crippen molar-refractivity contribution in [1.29, 1.82) is 0 Å². The Labute approximate surface area is 367 Å². The molecule has 4 N–H and O–H groups in total. The number of ether oxygens (including phenoxy) is 4. The summed E-state index contributed by atoms with van der Waals surface area (Å²) < 4.78 is 22.9. The largest absolute Gasteiger partial charge is 0.457 e. The molecule has 1 heterocycles. The Morgan fingerprint density at radius 1 is 0.550 bits per heavy atom. The molecule has 60 heavy (non-hydrogen) atoms. The third-order valence-corrected chi connectivity index (χ3v) is 11.2. The van der Waals surface area contributed by atoms with Gasteiger partial charge in [-0.05, 0) is 70.6 Å². The Hall–Kier alpha value is -1.85. The van der Waals surface area contributed by atoms with Crippen LogP contribution < -0.4 is 0 Å². The number of aliphatic hydroxyl groups excluding tert-OH is 4. The van der Waals surface area contributed by atoms with E-state index in [2.05, 4.69) is 62.5 Å². The van der Waals surface area contributed by atoms with Crippen LogP contribution in [0.25, 0.3) is 0 Å². The van der Waals surface area contributed by atoms with Gasteiger partial charge in [0.05, 0.1) is 19.8 Å². The van der Waals surface area contributed by atoms with Gasteiger partial charge in [-0.2, -0.15) is 0 Å². The van der Waals surface area contributed by atoms with Gasteiger partial charge in [-0.25, -0.2) is 0 Å². The zero-order valence-corrected chi connectivity index (χ0v) is 38.5. The second-order valence-corrected chi connectivity index (χ2v) is 16.9. The summed E-state index contributed by atoms with van der Waals surface area (Å²) >= 11 is 0. The maximum atomic E-state index is 12.8. The number of unbranched alkanes of at least 4 members (excludes halogenated alkanes) is 23. The van der Waals surface area contributed by atoms with E-state index in [0.29, 0.717) is 13.0 Å². The van der Waals surface area contributed by atoms with Crippen LogP contribution in [0.2, 0.25) is 0 Å². The van der Waals surface area contributed by atoms with Gasteiger partial charge in [0.1, 0.15) is 30.5 Å². The van der Waals surface area contributed by atoms with Crippen LogP contribution in [-0.4, -0.2) is 89.6 Å². The molecule has 1 aliphatic heterocycles. The quantitative estimate of drug-likeness (QED) is 0.0269. The molecule has 0 aliphatic carbocycles. The number of rotatable bonds is 42. The second kappa shape index (κ2) is 42.5. The minimum absolute atomic E-state index is 0.117. The van der Waals surface area contributed by atoms with Crippen LogP contribution in [0.15, 0.2) is 48.6 Å². The van der Waals surface area contributed by atoms with Gasteiger partial charge in [0.2, 0.25) is 0 Å². The molecule has 0 aromatic heterocycles. The van der Waals surface area contributed by atoms with E-state index in [9.17, 15) is 25.2 Å². The lowest BCUT2D eigenvalue weighted by molar-refractivity contribution is -0.305. The molecule has 9 heteroatoms. The first-order chi connectivity index (χ1) is 29.4. The Morgan fingerprint density at radius 3 is 1.55 bits per heavy atom. The third-order valence-electron chi connectivity index (χ3n) is 11.2. The summed E-state index contributed by atoms with van der Waals surface area (Å²) in [6, 6.07) is 0. The van der Waals surface area contributed by atoms with E-state index < -0.39 is 43.4 Å². The van der Waals surface area contributed by atoms with Crippen molar-refractivity contribution in [2.24, 2.45) is 0 Å². The fourth-order valence-corrected chi connectivity index (χ4v) is 7.38. The lowest BCUT2D eigenvalue weighted by Gasteiger charge is -2.39. The molecule has 0 radical (unpaired) electrons. The Morgan fingerprint density at radius 2 is 1.02 bits per heavy atom. The predicted molar refractivity (Wildman–Crippen MR) is 247 cm³/mol. The van der Waals surface area contributed by atoms with E-state index in [1.54, 1.807) is 0 Å². The molecule has 0 aromatic rings. The SMILES string of the molecule is CC/C=C\C/C=C\C/C=C\CCCCCCCCCCOCC(COC1OC(CO)C(O)C(O)C1O)OC(=O)CCCCCCCCCCC/C=C\CCCCCCCC. The number of carbonyl (C=O) groups is 1. The van der Waals surface area contributed by atoms with Crippen LogP contribution >= 0.6 is 0 Å². The van der Waals surface area contributed by atoms with Crippen molar-refractivity contribution < 1.29 is 44.2 Å². The number of hydrogen-bond donors (Lipinski definition) is 4. The predicted octanol–water partition coefficient (Wildman–Crippen LogP) is 11.7. The molecule has 1 fully saturated rings.